The highest BCUT2D eigenvalue weighted by atomic mass is 32.2. The molecule has 3 N–H and O–H groups in total. The van der Waals surface area contributed by atoms with Gasteiger partial charge in [-0.3, -0.25) is 0 Å². The molecule has 1 fully saturated rings. The Morgan fingerprint density at radius 1 is 1.43 bits per heavy atom. The monoisotopic (exact) mass is 307 g/mol. The fourth-order valence-corrected chi connectivity index (χ4v) is 4.34. The summed E-state index contributed by atoms with van der Waals surface area (Å²) >= 11 is 0. The third kappa shape index (κ3) is 3.74. The van der Waals surface area contributed by atoms with Gasteiger partial charge < -0.3 is 5.73 Å². The van der Waals surface area contributed by atoms with Gasteiger partial charge in [0.15, 0.2) is 0 Å². The van der Waals surface area contributed by atoms with Crippen LogP contribution in [0.1, 0.15) is 44.6 Å². The van der Waals surface area contributed by atoms with Gasteiger partial charge in [0.1, 0.15) is 6.07 Å². The molecule has 0 saturated heterocycles. The summed E-state index contributed by atoms with van der Waals surface area (Å²) in [6, 6.07) is 6.15. The standard InChI is InChI=1S/C15H21N3O2S/c1-2-11-4-3-5-14(8-11)18-21(19,20)15-7-6-13(17)9-12(15)10-16/h6-7,9,11,14,18H,2-5,8,17H2,1H3. The third-order valence-corrected chi connectivity index (χ3v) is 5.67. The van der Waals surface area contributed by atoms with Gasteiger partial charge in [0.05, 0.1) is 10.5 Å². The van der Waals surface area contributed by atoms with Crippen LogP contribution in [0.3, 0.4) is 0 Å². The maximum atomic E-state index is 12.5. The lowest BCUT2D eigenvalue weighted by Crippen LogP contribution is -2.38. The second-order valence-corrected chi connectivity index (χ2v) is 7.31. The molecule has 1 aliphatic carbocycles. The maximum Gasteiger partial charge on any atom is 0.242 e. The molecule has 0 aromatic heterocycles. The fraction of sp³-hybridized carbons (Fsp3) is 0.533. The Morgan fingerprint density at radius 3 is 2.86 bits per heavy atom. The number of hydrogen-bond donors (Lipinski definition) is 2. The number of anilines is 1. The van der Waals surface area contributed by atoms with E-state index in [0.29, 0.717) is 11.6 Å². The van der Waals surface area contributed by atoms with E-state index in [1.807, 2.05) is 6.07 Å². The summed E-state index contributed by atoms with van der Waals surface area (Å²) in [4.78, 5) is 0.0119. The molecule has 5 nitrogen and oxygen atoms in total. The molecule has 2 atom stereocenters. The molecule has 1 aromatic rings. The van der Waals surface area contributed by atoms with Crippen LogP contribution in [0.15, 0.2) is 23.1 Å². The second kappa shape index (κ2) is 6.46. The Hall–Kier alpha value is -1.58. The first kappa shape index (κ1) is 15.8. The number of hydrogen-bond acceptors (Lipinski definition) is 4. The summed E-state index contributed by atoms with van der Waals surface area (Å²) in [5, 5.41) is 9.09. The van der Waals surface area contributed by atoms with Crippen LogP contribution >= 0.6 is 0 Å². The molecule has 0 heterocycles. The van der Waals surface area contributed by atoms with Crippen LogP contribution in [-0.2, 0) is 10.0 Å². The van der Waals surface area contributed by atoms with Gasteiger partial charge in [0, 0.05) is 11.7 Å². The van der Waals surface area contributed by atoms with Crippen LogP contribution in [0.5, 0.6) is 0 Å². The minimum atomic E-state index is -3.68. The van der Waals surface area contributed by atoms with E-state index in [2.05, 4.69) is 11.6 Å². The predicted octanol–water partition coefficient (Wildman–Crippen LogP) is 2.39. The van der Waals surface area contributed by atoms with Gasteiger partial charge in [-0.1, -0.05) is 26.2 Å². The fourth-order valence-electron chi connectivity index (χ4n) is 2.92. The quantitative estimate of drug-likeness (QED) is 0.835. The molecule has 6 heteroatoms. The number of nitrogens with two attached hydrogens (primary N) is 1. The van der Waals surface area contributed by atoms with E-state index in [4.69, 9.17) is 11.0 Å². The molecule has 1 aliphatic rings. The Balaban J connectivity index is 2.21. The van der Waals surface area contributed by atoms with Crippen LogP contribution < -0.4 is 10.5 Å². The summed E-state index contributed by atoms with van der Waals surface area (Å²) in [5.41, 5.74) is 6.07. The summed E-state index contributed by atoms with van der Waals surface area (Å²) in [6.07, 6.45) is 5.00. The Labute approximate surface area is 126 Å². The first-order valence-electron chi connectivity index (χ1n) is 7.28. The zero-order chi connectivity index (χ0) is 15.5. The van der Waals surface area contributed by atoms with Crippen molar-refractivity contribution in [2.24, 2.45) is 5.92 Å². The van der Waals surface area contributed by atoms with E-state index in [0.717, 1.165) is 25.7 Å². The first-order valence-corrected chi connectivity index (χ1v) is 8.76. The highest BCUT2D eigenvalue weighted by molar-refractivity contribution is 7.89. The molecular weight excluding hydrogens is 286 g/mol. The summed E-state index contributed by atoms with van der Waals surface area (Å²) in [5.74, 6) is 0.577. The number of rotatable bonds is 4. The molecule has 0 bridgehead atoms. The largest absolute Gasteiger partial charge is 0.399 e. The molecule has 2 unspecified atom stereocenters. The van der Waals surface area contributed by atoms with E-state index in [1.54, 1.807) is 0 Å². The van der Waals surface area contributed by atoms with Crippen LogP contribution in [0.2, 0.25) is 0 Å². The molecule has 114 valence electrons. The molecule has 0 aliphatic heterocycles. The number of sulfonamides is 1. The minimum Gasteiger partial charge on any atom is -0.399 e. The van der Waals surface area contributed by atoms with Crippen molar-refractivity contribution in [2.75, 3.05) is 5.73 Å². The smallest absolute Gasteiger partial charge is 0.242 e. The maximum absolute atomic E-state index is 12.5. The molecule has 0 spiro atoms. The van der Waals surface area contributed by atoms with Crippen LogP contribution in [-0.4, -0.2) is 14.5 Å². The van der Waals surface area contributed by atoms with Gasteiger partial charge in [-0.25, -0.2) is 13.1 Å². The van der Waals surface area contributed by atoms with Crippen molar-refractivity contribution in [1.29, 1.82) is 5.26 Å². The van der Waals surface area contributed by atoms with Crippen molar-refractivity contribution in [2.45, 2.75) is 50.0 Å². The molecule has 1 aromatic carbocycles. The lowest BCUT2D eigenvalue weighted by atomic mass is 9.85. The number of benzene rings is 1. The van der Waals surface area contributed by atoms with Gasteiger partial charge in [-0.2, -0.15) is 5.26 Å². The van der Waals surface area contributed by atoms with Gasteiger partial charge in [-0.05, 0) is 37.0 Å². The highest BCUT2D eigenvalue weighted by Gasteiger charge is 2.27. The van der Waals surface area contributed by atoms with E-state index in [1.165, 1.54) is 24.6 Å². The van der Waals surface area contributed by atoms with Crippen molar-refractivity contribution in [3.63, 3.8) is 0 Å². The summed E-state index contributed by atoms with van der Waals surface area (Å²) in [6.45, 7) is 2.13. The van der Waals surface area contributed by atoms with E-state index in [9.17, 15) is 8.42 Å². The average molecular weight is 307 g/mol. The zero-order valence-electron chi connectivity index (χ0n) is 12.2. The summed E-state index contributed by atoms with van der Waals surface area (Å²) in [7, 11) is -3.68. The van der Waals surface area contributed by atoms with Gasteiger partial charge >= 0.3 is 0 Å². The number of nitriles is 1. The first-order chi connectivity index (χ1) is 9.96. The molecule has 0 amide bonds. The molecule has 21 heavy (non-hydrogen) atoms. The number of nitrogen functional groups attached to an aromatic ring is 1. The van der Waals surface area contributed by atoms with Crippen molar-refractivity contribution in [3.8, 4) is 6.07 Å². The van der Waals surface area contributed by atoms with Crippen LogP contribution in [0.25, 0.3) is 0 Å². The van der Waals surface area contributed by atoms with Gasteiger partial charge in [0.25, 0.3) is 0 Å². The normalized spacial score (nSPS) is 22.7. The third-order valence-electron chi connectivity index (χ3n) is 4.10. The Bertz CT molecular complexity index is 649. The van der Waals surface area contributed by atoms with Crippen LogP contribution in [0.4, 0.5) is 5.69 Å². The minimum absolute atomic E-state index is 0.0119. The van der Waals surface area contributed by atoms with Crippen molar-refractivity contribution in [1.82, 2.24) is 4.72 Å². The average Bonchev–Trinajstić information content (AvgIpc) is 2.46. The Kier molecular flexibility index (Phi) is 4.86. The summed E-state index contributed by atoms with van der Waals surface area (Å²) < 4.78 is 27.7. The number of nitrogens with zero attached hydrogens (tertiary/aromatic N) is 1. The van der Waals surface area contributed by atoms with Gasteiger partial charge in [0.2, 0.25) is 10.0 Å². The van der Waals surface area contributed by atoms with E-state index in [-0.39, 0.29) is 16.5 Å². The zero-order valence-corrected chi connectivity index (χ0v) is 13.0. The highest BCUT2D eigenvalue weighted by Crippen LogP contribution is 2.28. The topological polar surface area (TPSA) is 96.0 Å². The number of nitrogens with one attached hydrogen (secondary N) is 1. The molecular formula is C15H21N3O2S. The second-order valence-electron chi connectivity index (χ2n) is 5.63. The molecule has 0 radical (unpaired) electrons. The van der Waals surface area contributed by atoms with E-state index < -0.39 is 10.0 Å². The van der Waals surface area contributed by atoms with Crippen molar-refractivity contribution < 1.29 is 8.42 Å². The van der Waals surface area contributed by atoms with E-state index >= 15 is 0 Å². The lowest BCUT2D eigenvalue weighted by Gasteiger charge is -2.29. The molecule has 1 saturated carbocycles. The SMILES string of the molecule is CCC1CCCC(NS(=O)(=O)c2ccc(N)cc2C#N)C1. The molecule has 2 rings (SSSR count). The predicted molar refractivity (Wildman–Crippen MR) is 81.9 cm³/mol. The van der Waals surface area contributed by atoms with Crippen molar-refractivity contribution in [3.05, 3.63) is 23.8 Å². The van der Waals surface area contributed by atoms with Gasteiger partial charge in [-0.15, -0.1) is 0 Å². The van der Waals surface area contributed by atoms with Crippen molar-refractivity contribution >= 4 is 15.7 Å². The van der Waals surface area contributed by atoms with Crippen LogP contribution in [0, 0.1) is 17.2 Å². The Morgan fingerprint density at radius 2 is 2.19 bits per heavy atom. The lowest BCUT2D eigenvalue weighted by molar-refractivity contribution is 0.301.